The first-order valence-electron chi connectivity index (χ1n) is 8.58. The number of nitrogens with one attached hydrogen (secondary N) is 1. The maximum atomic E-state index is 12.7. The average molecular weight is 368 g/mol. The number of ether oxygens (including phenoxy) is 3. The van der Waals surface area contributed by atoms with Gasteiger partial charge in [-0.1, -0.05) is 0 Å². The molecule has 27 heavy (non-hydrogen) atoms. The molecule has 0 unspecified atom stereocenters. The van der Waals surface area contributed by atoms with Crippen LogP contribution in [0.25, 0.3) is 11.2 Å². The fourth-order valence-electron chi connectivity index (χ4n) is 3.02. The van der Waals surface area contributed by atoms with Gasteiger partial charge >= 0.3 is 0 Å². The van der Waals surface area contributed by atoms with Gasteiger partial charge in [-0.2, -0.15) is 0 Å². The van der Waals surface area contributed by atoms with Crippen LogP contribution in [0.4, 0.5) is 5.69 Å². The van der Waals surface area contributed by atoms with E-state index in [0.717, 1.165) is 18.5 Å². The van der Waals surface area contributed by atoms with Gasteiger partial charge in [0.2, 0.25) is 5.75 Å². The summed E-state index contributed by atoms with van der Waals surface area (Å²) in [5.41, 5.74) is 2.47. The SMILES string of the molecule is COc1cc(NC(=O)c2cnc3c(c2)ncn3C2CC2)cc(OC)c1OC. The predicted molar refractivity (Wildman–Crippen MR) is 99.9 cm³/mol. The van der Waals surface area contributed by atoms with Crippen molar-refractivity contribution in [2.45, 2.75) is 18.9 Å². The summed E-state index contributed by atoms with van der Waals surface area (Å²) in [6.45, 7) is 0. The highest BCUT2D eigenvalue weighted by molar-refractivity contribution is 6.05. The molecule has 1 aliphatic rings. The molecule has 0 bridgehead atoms. The molecule has 1 aliphatic carbocycles. The summed E-state index contributed by atoms with van der Waals surface area (Å²) in [6, 6.07) is 5.58. The Morgan fingerprint density at radius 2 is 1.78 bits per heavy atom. The molecular weight excluding hydrogens is 348 g/mol. The Morgan fingerprint density at radius 1 is 1.07 bits per heavy atom. The number of aromatic nitrogens is 3. The number of anilines is 1. The zero-order valence-corrected chi connectivity index (χ0v) is 15.4. The number of carbonyl (C=O) groups excluding carboxylic acids is 1. The summed E-state index contributed by atoms with van der Waals surface area (Å²) in [6.07, 6.45) is 5.65. The Labute approximate surface area is 156 Å². The van der Waals surface area contributed by atoms with Crippen molar-refractivity contribution in [3.8, 4) is 17.2 Å². The molecule has 8 nitrogen and oxygen atoms in total. The third-order valence-corrected chi connectivity index (χ3v) is 4.54. The largest absolute Gasteiger partial charge is 0.493 e. The molecule has 0 saturated heterocycles. The van der Waals surface area contributed by atoms with E-state index in [1.54, 1.807) is 30.7 Å². The minimum absolute atomic E-state index is 0.292. The lowest BCUT2D eigenvalue weighted by Gasteiger charge is -2.14. The molecule has 1 aromatic carbocycles. The van der Waals surface area contributed by atoms with Crippen molar-refractivity contribution in [1.82, 2.24) is 14.5 Å². The molecule has 2 aromatic heterocycles. The lowest BCUT2D eigenvalue weighted by atomic mass is 10.2. The number of nitrogens with zero attached hydrogens (tertiary/aromatic N) is 3. The van der Waals surface area contributed by atoms with Crippen molar-refractivity contribution < 1.29 is 19.0 Å². The molecule has 1 fully saturated rings. The van der Waals surface area contributed by atoms with E-state index in [9.17, 15) is 4.79 Å². The Kier molecular flexibility index (Phi) is 4.31. The molecule has 2 heterocycles. The minimum Gasteiger partial charge on any atom is -0.493 e. The molecule has 1 N–H and O–H groups in total. The van der Waals surface area contributed by atoms with Crippen LogP contribution >= 0.6 is 0 Å². The summed E-state index contributed by atoms with van der Waals surface area (Å²) in [4.78, 5) is 21.5. The van der Waals surface area contributed by atoms with Crippen molar-refractivity contribution in [3.63, 3.8) is 0 Å². The van der Waals surface area contributed by atoms with Gasteiger partial charge in [-0.15, -0.1) is 0 Å². The maximum absolute atomic E-state index is 12.7. The number of benzene rings is 1. The number of rotatable bonds is 6. The standard InChI is InChI=1S/C19H20N4O4/c1-25-15-7-12(8-16(26-2)17(15)27-3)22-19(24)11-6-14-18(20-9-11)23(10-21-14)13-4-5-13/h6-10,13H,4-5H2,1-3H3,(H,22,24). The summed E-state index contributed by atoms with van der Waals surface area (Å²) in [7, 11) is 4.58. The number of pyridine rings is 1. The van der Waals surface area contributed by atoms with E-state index in [1.807, 2.05) is 0 Å². The number of hydrogen-bond acceptors (Lipinski definition) is 6. The lowest BCUT2D eigenvalue weighted by molar-refractivity contribution is 0.102. The van der Waals surface area contributed by atoms with Gasteiger partial charge in [0.05, 0.1) is 33.2 Å². The topological polar surface area (TPSA) is 87.5 Å². The van der Waals surface area contributed by atoms with Crippen molar-refractivity contribution in [1.29, 1.82) is 0 Å². The molecule has 8 heteroatoms. The number of carbonyl (C=O) groups is 1. The summed E-state index contributed by atoms with van der Waals surface area (Å²) >= 11 is 0. The maximum Gasteiger partial charge on any atom is 0.257 e. The molecule has 4 rings (SSSR count). The average Bonchev–Trinajstić information content (AvgIpc) is 3.45. The summed E-state index contributed by atoms with van der Waals surface area (Å²) in [5, 5.41) is 2.84. The number of hydrogen-bond donors (Lipinski definition) is 1. The highest BCUT2D eigenvalue weighted by atomic mass is 16.5. The fourth-order valence-corrected chi connectivity index (χ4v) is 3.02. The van der Waals surface area contributed by atoms with Crippen LogP contribution in [0.2, 0.25) is 0 Å². The molecule has 0 atom stereocenters. The van der Waals surface area contributed by atoms with E-state index in [0.29, 0.717) is 40.1 Å². The normalized spacial score (nSPS) is 13.4. The highest BCUT2D eigenvalue weighted by Crippen LogP contribution is 2.40. The van der Waals surface area contributed by atoms with Crippen LogP contribution in [0.15, 0.2) is 30.7 Å². The van der Waals surface area contributed by atoms with Gasteiger partial charge in [0.25, 0.3) is 5.91 Å². The third-order valence-electron chi connectivity index (χ3n) is 4.54. The quantitative estimate of drug-likeness (QED) is 0.720. The van der Waals surface area contributed by atoms with Crippen LogP contribution < -0.4 is 19.5 Å². The Bertz CT molecular complexity index is 985. The highest BCUT2D eigenvalue weighted by Gasteiger charge is 2.25. The van der Waals surface area contributed by atoms with Gasteiger partial charge in [-0.3, -0.25) is 4.79 Å². The van der Waals surface area contributed by atoms with E-state index in [4.69, 9.17) is 14.2 Å². The smallest absolute Gasteiger partial charge is 0.257 e. The molecule has 0 spiro atoms. The summed E-state index contributed by atoms with van der Waals surface area (Å²) in [5.74, 6) is 1.10. The number of methoxy groups -OCH3 is 3. The molecule has 0 radical (unpaired) electrons. The van der Waals surface area contributed by atoms with Gasteiger partial charge in [0.15, 0.2) is 17.1 Å². The van der Waals surface area contributed by atoms with Crippen molar-refractivity contribution >= 4 is 22.8 Å². The monoisotopic (exact) mass is 368 g/mol. The number of amides is 1. The van der Waals surface area contributed by atoms with Gasteiger partial charge in [-0.25, -0.2) is 9.97 Å². The Morgan fingerprint density at radius 3 is 2.37 bits per heavy atom. The van der Waals surface area contributed by atoms with Crippen LogP contribution in [0, 0.1) is 0 Å². The summed E-state index contributed by atoms with van der Waals surface area (Å²) < 4.78 is 18.0. The van der Waals surface area contributed by atoms with Crippen LogP contribution in [-0.2, 0) is 0 Å². The van der Waals surface area contributed by atoms with Crippen molar-refractivity contribution in [3.05, 3.63) is 36.3 Å². The zero-order valence-electron chi connectivity index (χ0n) is 15.4. The Hall–Kier alpha value is -3.29. The van der Waals surface area contributed by atoms with E-state index in [-0.39, 0.29) is 5.91 Å². The van der Waals surface area contributed by atoms with Crippen molar-refractivity contribution in [2.75, 3.05) is 26.6 Å². The van der Waals surface area contributed by atoms with Gasteiger partial charge in [0.1, 0.15) is 5.52 Å². The van der Waals surface area contributed by atoms with Crippen LogP contribution in [-0.4, -0.2) is 41.8 Å². The first-order valence-corrected chi connectivity index (χ1v) is 8.58. The number of fused-ring (bicyclic) bond motifs is 1. The minimum atomic E-state index is -0.292. The van der Waals surface area contributed by atoms with Crippen LogP contribution in [0.1, 0.15) is 29.2 Å². The second-order valence-corrected chi connectivity index (χ2v) is 6.32. The number of imidazole rings is 1. The first-order chi connectivity index (χ1) is 13.1. The van der Waals surface area contributed by atoms with Crippen LogP contribution in [0.5, 0.6) is 17.2 Å². The van der Waals surface area contributed by atoms with E-state index in [2.05, 4.69) is 19.9 Å². The second kappa shape index (κ2) is 6.79. The Balaban J connectivity index is 1.61. The van der Waals surface area contributed by atoms with E-state index in [1.165, 1.54) is 21.3 Å². The molecule has 3 aromatic rings. The van der Waals surface area contributed by atoms with Gasteiger partial charge in [0, 0.05) is 30.1 Å². The molecule has 1 amide bonds. The first kappa shape index (κ1) is 17.1. The third kappa shape index (κ3) is 3.14. The van der Waals surface area contributed by atoms with Crippen LogP contribution in [0.3, 0.4) is 0 Å². The van der Waals surface area contributed by atoms with Gasteiger partial charge < -0.3 is 24.1 Å². The van der Waals surface area contributed by atoms with E-state index < -0.39 is 0 Å². The van der Waals surface area contributed by atoms with Gasteiger partial charge in [-0.05, 0) is 18.9 Å². The lowest BCUT2D eigenvalue weighted by Crippen LogP contribution is -2.12. The predicted octanol–water partition coefficient (Wildman–Crippen LogP) is 3.04. The van der Waals surface area contributed by atoms with Crippen molar-refractivity contribution in [2.24, 2.45) is 0 Å². The molecule has 0 aliphatic heterocycles. The zero-order chi connectivity index (χ0) is 19.0. The fraction of sp³-hybridized carbons (Fsp3) is 0.316. The molecule has 140 valence electrons. The second-order valence-electron chi connectivity index (χ2n) is 6.32. The molecular formula is C19H20N4O4. The van der Waals surface area contributed by atoms with E-state index >= 15 is 0 Å². The molecule has 1 saturated carbocycles.